The normalized spacial score (nSPS) is 19.6. The lowest BCUT2D eigenvalue weighted by atomic mass is 10.1. The molecule has 1 unspecified atom stereocenters. The second kappa shape index (κ2) is 5.55. The van der Waals surface area contributed by atoms with Gasteiger partial charge in [0.05, 0.1) is 12.7 Å². The molecule has 20 heavy (non-hydrogen) atoms. The standard InChI is InChI=1S/C13H14F3NO2S/c1-19-11-5-9(2-3-10(11)13(14,15)16)17-6-8(7-20)4-12(17)18/h2-3,5,8,20H,4,6-7H2,1H3. The fraction of sp³-hybridized carbons (Fsp3) is 0.462. The number of carbonyl (C=O) groups is 1. The van der Waals surface area contributed by atoms with Gasteiger partial charge in [-0.3, -0.25) is 4.79 Å². The summed E-state index contributed by atoms with van der Waals surface area (Å²) >= 11 is 4.15. The van der Waals surface area contributed by atoms with Crippen LogP contribution in [0.2, 0.25) is 0 Å². The average Bonchev–Trinajstić information content (AvgIpc) is 2.78. The van der Waals surface area contributed by atoms with Crippen LogP contribution in [0.4, 0.5) is 18.9 Å². The van der Waals surface area contributed by atoms with Crippen LogP contribution in [0.25, 0.3) is 0 Å². The Labute approximate surface area is 120 Å². The van der Waals surface area contributed by atoms with Gasteiger partial charge in [-0.2, -0.15) is 25.8 Å². The number of benzene rings is 1. The topological polar surface area (TPSA) is 29.5 Å². The molecule has 0 aliphatic carbocycles. The first-order valence-electron chi connectivity index (χ1n) is 6.03. The molecule has 0 bridgehead atoms. The molecule has 1 aliphatic rings. The maximum absolute atomic E-state index is 12.8. The van der Waals surface area contributed by atoms with E-state index in [2.05, 4.69) is 12.6 Å². The SMILES string of the molecule is COc1cc(N2CC(CS)CC2=O)ccc1C(F)(F)F. The van der Waals surface area contributed by atoms with Crippen molar-refractivity contribution in [2.45, 2.75) is 12.6 Å². The predicted molar refractivity (Wildman–Crippen MR) is 72.3 cm³/mol. The molecule has 0 radical (unpaired) electrons. The minimum Gasteiger partial charge on any atom is -0.496 e. The summed E-state index contributed by atoms with van der Waals surface area (Å²) in [5, 5.41) is 0. The molecule has 1 heterocycles. The van der Waals surface area contributed by atoms with E-state index in [0.717, 1.165) is 6.07 Å². The van der Waals surface area contributed by atoms with Gasteiger partial charge in [-0.05, 0) is 23.8 Å². The molecule has 3 nitrogen and oxygen atoms in total. The summed E-state index contributed by atoms with van der Waals surface area (Å²) in [6, 6.07) is 3.49. The summed E-state index contributed by atoms with van der Waals surface area (Å²) in [5.74, 6) is 0.308. The molecule has 0 spiro atoms. The van der Waals surface area contributed by atoms with E-state index < -0.39 is 11.7 Å². The zero-order valence-electron chi connectivity index (χ0n) is 10.8. The van der Waals surface area contributed by atoms with E-state index in [0.29, 0.717) is 24.4 Å². The number of halogens is 3. The Morgan fingerprint density at radius 3 is 2.65 bits per heavy atom. The van der Waals surface area contributed by atoms with Crippen LogP contribution in [0.3, 0.4) is 0 Å². The minimum atomic E-state index is -4.48. The number of hydrogen-bond donors (Lipinski definition) is 1. The predicted octanol–water partition coefficient (Wildman–Crippen LogP) is 3.00. The van der Waals surface area contributed by atoms with E-state index in [1.165, 1.54) is 24.1 Å². The van der Waals surface area contributed by atoms with E-state index in [1.54, 1.807) is 0 Å². The van der Waals surface area contributed by atoms with Gasteiger partial charge >= 0.3 is 6.18 Å². The highest BCUT2D eigenvalue weighted by atomic mass is 32.1. The Hall–Kier alpha value is -1.37. The highest BCUT2D eigenvalue weighted by Gasteiger charge is 2.36. The highest BCUT2D eigenvalue weighted by Crippen LogP contribution is 2.39. The van der Waals surface area contributed by atoms with Gasteiger partial charge in [0.1, 0.15) is 5.75 Å². The molecule has 1 aromatic carbocycles. The molecule has 7 heteroatoms. The molecular formula is C13H14F3NO2S. The monoisotopic (exact) mass is 305 g/mol. The second-order valence-electron chi connectivity index (χ2n) is 4.64. The molecule has 1 saturated heterocycles. The lowest BCUT2D eigenvalue weighted by molar-refractivity contribution is -0.138. The van der Waals surface area contributed by atoms with E-state index in [9.17, 15) is 18.0 Å². The summed E-state index contributed by atoms with van der Waals surface area (Å²) in [7, 11) is 1.18. The number of anilines is 1. The van der Waals surface area contributed by atoms with Crippen LogP contribution in [0.15, 0.2) is 18.2 Å². The van der Waals surface area contributed by atoms with Gasteiger partial charge in [0, 0.05) is 24.7 Å². The van der Waals surface area contributed by atoms with E-state index in [-0.39, 0.29) is 17.6 Å². The quantitative estimate of drug-likeness (QED) is 0.870. The zero-order valence-corrected chi connectivity index (χ0v) is 11.7. The molecule has 2 rings (SSSR count). The first-order chi connectivity index (χ1) is 9.36. The molecule has 1 fully saturated rings. The third-order valence-corrected chi connectivity index (χ3v) is 3.78. The van der Waals surface area contributed by atoms with Gasteiger partial charge in [-0.15, -0.1) is 0 Å². The van der Waals surface area contributed by atoms with Crippen molar-refractivity contribution in [1.29, 1.82) is 0 Å². The van der Waals surface area contributed by atoms with Gasteiger partial charge < -0.3 is 9.64 Å². The fourth-order valence-electron chi connectivity index (χ4n) is 2.24. The molecule has 0 aromatic heterocycles. The Morgan fingerprint density at radius 2 is 2.15 bits per heavy atom. The summed E-state index contributed by atoms with van der Waals surface area (Å²) in [4.78, 5) is 13.3. The van der Waals surface area contributed by atoms with Crippen molar-refractivity contribution in [3.8, 4) is 5.75 Å². The number of nitrogens with zero attached hydrogens (tertiary/aromatic N) is 1. The van der Waals surface area contributed by atoms with Crippen molar-refractivity contribution in [2.24, 2.45) is 5.92 Å². The molecular weight excluding hydrogens is 291 g/mol. The van der Waals surface area contributed by atoms with Crippen LogP contribution in [0.1, 0.15) is 12.0 Å². The Kier molecular flexibility index (Phi) is 4.17. The van der Waals surface area contributed by atoms with Crippen LogP contribution in [0, 0.1) is 5.92 Å². The lowest BCUT2D eigenvalue weighted by Crippen LogP contribution is -2.25. The number of amides is 1. The molecule has 0 N–H and O–H groups in total. The van der Waals surface area contributed by atoms with Gasteiger partial charge in [0.2, 0.25) is 5.91 Å². The van der Waals surface area contributed by atoms with E-state index >= 15 is 0 Å². The summed E-state index contributed by atoms with van der Waals surface area (Å²) in [5.41, 5.74) is -0.426. The van der Waals surface area contributed by atoms with Crippen molar-refractivity contribution < 1.29 is 22.7 Å². The molecule has 1 aliphatic heterocycles. The van der Waals surface area contributed by atoms with E-state index in [1.807, 2.05) is 0 Å². The number of alkyl halides is 3. The Balaban J connectivity index is 2.33. The smallest absolute Gasteiger partial charge is 0.419 e. The van der Waals surface area contributed by atoms with Crippen molar-refractivity contribution in [3.63, 3.8) is 0 Å². The molecule has 1 atom stereocenters. The van der Waals surface area contributed by atoms with Crippen LogP contribution in [0.5, 0.6) is 5.75 Å². The number of carbonyl (C=O) groups excluding carboxylic acids is 1. The first-order valence-corrected chi connectivity index (χ1v) is 6.66. The third-order valence-electron chi connectivity index (χ3n) is 3.27. The largest absolute Gasteiger partial charge is 0.496 e. The van der Waals surface area contributed by atoms with Crippen LogP contribution in [-0.4, -0.2) is 25.3 Å². The number of thiol groups is 1. The average molecular weight is 305 g/mol. The van der Waals surface area contributed by atoms with Crippen LogP contribution < -0.4 is 9.64 Å². The van der Waals surface area contributed by atoms with Crippen LogP contribution >= 0.6 is 12.6 Å². The fourth-order valence-corrected chi connectivity index (χ4v) is 2.48. The molecule has 1 amide bonds. The van der Waals surface area contributed by atoms with Crippen molar-refractivity contribution in [3.05, 3.63) is 23.8 Å². The maximum Gasteiger partial charge on any atom is 0.419 e. The van der Waals surface area contributed by atoms with Crippen LogP contribution in [-0.2, 0) is 11.0 Å². The zero-order chi connectivity index (χ0) is 14.9. The third kappa shape index (κ3) is 2.87. The van der Waals surface area contributed by atoms with Crippen molar-refractivity contribution in [2.75, 3.05) is 24.3 Å². The van der Waals surface area contributed by atoms with E-state index in [4.69, 9.17) is 4.74 Å². The number of ether oxygens (including phenoxy) is 1. The Morgan fingerprint density at radius 1 is 1.45 bits per heavy atom. The van der Waals surface area contributed by atoms with Crippen molar-refractivity contribution >= 4 is 24.2 Å². The minimum absolute atomic E-state index is 0.106. The lowest BCUT2D eigenvalue weighted by Gasteiger charge is -2.19. The first kappa shape index (κ1) is 15.0. The van der Waals surface area contributed by atoms with Gasteiger partial charge in [-0.1, -0.05) is 0 Å². The molecule has 110 valence electrons. The van der Waals surface area contributed by atoms with Gasteiger partial charge in [-0.25, -0.2) is 0 Å². The highest BCUT2D eigenvalue weighted by molar-refractivity contribution is 7.80. The van der Waals surface area contributed by atoms with Crippen molar-refractivity contribution in [1.82, 2.24) is 0 Å². The molecule has 1 aromatic rings. The Bertz CT molecular complexity index is 519. The summed E-state index contributed by atoms with van der Waals surface area (Å²) in [6.07, 6.45) is -4.11. The summed E-state index contributed by atoms with van der Waals surface area (Å²) < 4.78 is 43.1. The summed E-state index contributed by atoms with van der Waals surface area (Å²) in [6.45, 7) is 0.469. The number of hydrogen-bond acceptors (Lipinski definition) is 3. The number of rotatable bonds is 3. The number of methoxy groups -OCH3 is 1. The van der Waals surface area contributed by atoms with Gasteiger partial charge in [0.15, 0.2) is 0 Å². The maximum atomic E-state index is 12.8. The van der Waals surface area contributed by atoms with Gasteiger partial charge in [0.25, 0.3) is 0 Å². The molecule has 0 saturated carbocycles. The second-order valence-corrected chi connectivity index (χ2v) is 5.00.